The molecule has 0 saturated heterocycles. The fourth-order valence-electron chi connectivity index (χ4n) is 1.74. The smallest absolute Gasteiger partial charge is 0.311 e. The van der Waals surface area contributed by atoms with Gasteiger partial charge in [0.1, 0.15) is 5.75 Å². The van der Waals surface area contributed by atoms with Gasteiger partial charge < -0.3 is 10.5 Å². The van der Waals surface area contributed by atoms with E-state index in [1.807, 2.05) is 0 Å². The Labute approximate surface area is 113 Å². The van der Waals surface area contributed by atoms with Crippen LogP contribution in [0.25, 0.3) is 0 Å². The van der Waals surface area contributed by atoms with Crippen molar-refractivity contribution in [2.45, 2.75) is 45.4 Å². The number of amides is 1. The lowest BCUT2D eigenvalue weighted by Gasteiger charge is -2.04. The maximum atomic E-state index is 11.6. The summed E-state index contributed by atoms with van der Waals surface area (Å²) in [6.45, 7) is 2.16. The van der Waals surface area contributed by atoms with Gasteiger partial charge in [0.2, 0.25) is 5.91 Å². The summed E-state index contributed by atoms with van der Waals surface area (Å²) in [5.41, 5.74) is 5.53. The summed E-state index contributed by atoms with van der Waals surface area (Å²) in [7, 11) is 0. The first kappa shape index (κ1) is 15.2. The third-order valence-electron chi connectivity index (χ3n) is 2.85. The van der Waals surface area contributed by atoms with Crippen LogP contribution in [0.1, 0.15) is 55.8 Å². The summed E-state index contributed by atoms with van der Waals surface area (Å²) >= 11 is 0. The molecule has 4 heteroatoms. The Hall–Kier alpha value is -1.84. The Kier molecular flexibility index (Phi) is 6.64. The molecule has 0 saturated carbocycles. The van der Waals surface area contributed by atoms with Crippen molar-refractivity contribution in [3.63, 3.8) is 0 Å². The molecule has 4 nitrogen and oxygen atoms in total. The van der Waals surface area contributed by atoms with E-state index >= 15 is 0 Å². The molecule has 0 radical (unpaired) electrons. The number of ether oxygens (including phenoxy) is 1. The van der Waals surface area contributed by atoms with Gasteiger partial charge in [0, 0.05) is 12.0 Å². The lowest BCUT2D eigenvalue weighted by molar-refractivity contribution is -0.134. The Morgan fingerprint density at radius 2 is 1.68 bits per heavy atom. The molecule has 0 unspecified atom stereocenters. The van der Waals surface area contributed by atoms with Crippen LogP contribution in [0.3, 0.4) is 0 Å². The van der Waals surface area contributed by atoms with E-state index in [1.165, 1.54) is 12.8 Å². The molecule has 0 spiro atoms. The standard InChI is InChI=1S/C15H21NO3/c1-2-3-4-5-6-7-14(17)19-13-10-8-12(9-11-13)15(16)18/h8-11H,2-7H2,1H3,(H2,16,18). The molecule has 0 bridgehead atoms. The highest BCUT2D eigenvalue weighted by Crippen LogP contribution is 2.13. The summed E-state index contributed by atoms with van der Waals surface area (Å²) in [4.78, 5) is 22.4. The van der Waals surface area contributed by atoms with Crippen LogP contribution in [-0.4, -0.2) is 11.9 Å². The quantitative estimate of drug-likeness (QED) is 0.445. The van der Waals surface area contributed by atoms with Gasteiger partial charge in [-0.05, 0) is 30.7 Å². The highest BCUT2D eigenvalue weighted by atomic mass is 16.5. The zero-order valence-electron chi connectivity index (χ0n) is 11.4. The average molecular weight is 263 g/mol. The van der Waals surface area contributed by atoms with Crippen molar-refractivity contribution in [2.75, 3.05) is 0 Å². The summed E-state index contributed by atoms with van der Waals surface area (Å²) in [5.74, 6) is -0.277. The number of hydrogen-bond acceptors (Lipinski definition) is 3. The molecule has 1 aromatic rings. The van der Waals surface area contributed by atoms with Gasteiger partial charge in [-0.15, -0.1) is 0 Å². The number of nitrogens with two attached hydrogens (primary N) is 1. The zero-order valence-corrected chi connectivity index (χ0v) is 11.4. The maximum absolute atomic E-state index is 11.6. The van der Waals surface area contributed by atoms with Gasteiger partial charge in [-0.25, -0.2) is 0 Å². The Bertz CT molecular complexity index is 412. The number of esters is 1. The minimum Gasteiger partial charge on any atom is -0.427 e. The van der Waals surface area contributed by atoms with Crippen LogP contribution < -0.4 is 10.5 Å². The largest absolute Gasteiger partial charge is 0.427 e. The van der Waals surface area contributed by atoms with Crippen LogP contribution in [0.15, 0.2) is 24.3 Å². The predicted octanol–water partition coefficient (Wildman–Crippen LogP) is 3.05. The number of benzene rings is 1. The molecule has 1 rings (SSSR count). The summed E-state index contributed by atoms with van der Waals surface area (Å²) < 4.78 is 5.16. The van der Waals surface area contributed by atoms with E-state index in [2.05, 4.69) is 6.92 Å². The van der Waals surface area contributed by atoms with Gasteiger partial charge in [0.25, 0.3) is 0 Å². The molecule has 2 N–H and O–H groups in total. The highest BCUT2D eigenvalue weighted by molar-refractivity contribution is 5.92. The lowest BCUT2D eigenvalue weighted by Crippen LogP contribution is -2.11. The first-order valence-corrected chi connectivity index (χ1v) is 6.74. The van der Waals surface area contributed by atoms with E-state index in [0.29, 0.717) is 17.7 Å². The topological polar surface area (TPSA) is 69.4 Å². The zero-order chi connectivity index (χ0) is 14.1. The van der Waals surface area contributed by atoms with Crippen LogP contribution in [0.5, 0.6) is 5.75 Å². The van der Waals surface area contributed by atoms with Crippen molar-refractivity contribution in [3.05, 3.63) is 29.8 Å². The lowest BCUT2D eigenvalue weighted by atomic mass is 10.1. The SMILES string of the molecule is CCCCCCCC(=O)Oc1ccc(C(N)=O)cc1. The number of unbranched alkanes of at least 4 members (excludes halogenated alkanes) is 4. The van der Waals surface area contributed by atoms with E-state index in [-0.39, 0.29) is 5.97 Å². The minimum atomic E-state index is -0.492. The molecule has 0 aromatic heterocycles. The fraction of sp³-hybridized carbons (Fsp3) is 0.467. The van der Waals surface area contributed by atoms with Gasteiger partial charge in [0.05, 0.1) is 0 Å². The Morgan fingerprint density at radius 1 is 1.05 bits per heavy atom. The van der Waals surface area contributed by atoms with Gasteiger partial charge in [-0.2, -0.15) is 0 Å². The molecule has 1 amide bonds. The molecule has 0 heterocycles. The van der Waals surface area contributed by atoms with E-state index in [1.54, 1.807) is 24.3 Å². The van der Waals surface area contributed by atoms with Crippen LogP contribution >= 0.6 is 0 Å². The first-order chi connectivity index (χ1) is 9.13. The first-order valence-electron chi connectivity index (χ1n) is 6.74. The molecule has 0 aliphatic heterocycles. The number of hydrogen-bond donors (Lipinski definition) is 1. The van der Waals surface area contributed by atoms with Crippen molar-refractivity contribution in [1.29, 1.82) is 0 Å². The van der Waals surface area contributed by atoms with E-state index < -0.39 is 5.91 Å². The van der Waals surface area contributed by atoms with Crippen molar-refractivity contribution >= 4 is 11.9 Å². The monoisotopic (exact) mass is 263 g/mol. The molecule has 0 atom stereocenters. The molecule has 0 fully saturated rings. The number of primary amides is 1. The van der Waals surface area contributed by atoms with Gasteiger partial charge >= 0.3 is 5.97 Å². The van der Waals surface area contributed by atoms with Crippen molar-refractivity contribution in [3.8, 4) is 5.75 Å². The molecule has 0 aliphatic rings. The van der Waals surface area contributed by atoms with Gasteiger partial charge in [-0.1, -0.05) is 32.6 Å². The maximum Gasteiger partial charge on any atom is 0.311 e. The number of carbonyl (C=O) groups is 2. The van der Waals surface area contributed by atoms with Crippen LogP contribution in [0, 0.1) is 0 Å². The Morgan fingerprint density at radius 3 is 2.26 bits per heavy atom. The second-order valence-corrected chi connectivity index (χ2v) is 4.53. The third kappa shape index (κ3) is 6.04. The number of rotatable bonds is 8. The van der Waals surface area contributed by atoms with Crippen LogP contribution in [0.4, 0.5) is 0 Å². The summed E-state index contributed by atoms with van der Waals surface area (Å²) in [5, 5.41) is 0. The predicted molar refractivity (Wildman–Crippen MR) is 74.0 cm³/mol. The van der Waals surface area contributed by atoms with Crippen molar-refractivity contribution < 1.29 is 14.3 Å². The van der Waals surface area contributed by atoms with E-state index in [4.69, 9.17) is 10.5 Å². The van der Waals surface area contributed by atoms with E-state index in [9.17, 15) is 9.59 Å². The second-order valence-electron chi connectivity index (χ2n) is 4.53. The summed E-state index contributed by atoms with van der Waals surface area (Å²) in [6.07, 6.45) is 5.92. The van der Waals surface area contributed by atoms with Gasteiger partial charge in [0.15, 0.2) is 0 Å². The normalized spacial score (nSPS) is 10.2. The van der Waals surface area contributed by atoms with E-state index in [0.717, 1.165) is 19.3 Å². The molecule has 19 heavy (non-hydrogen) atoms. The van der Waals surface area contributed by atoms with Gasteiger partial charge in [-0.3, -0.25) is 9.59 Å². The molecule has 0 aliphatic carbocycles. The summed E-state index contributed by atoms with van der Waals surface area (Å²) in [6, 6.07) is 6.25. The average Bonchev–Trinajstić information content (AvgIpc) is 2.39. The minimum absolute atomic E-state index is 0.233. The third-order valence-corrected chi connectivity index (χ3v) is 2.85. The molecule has 1 aromatic carbocycles. The van der Waals surface area contributed by atoms with Crippen LogP contribution in [0.2, 0.25) is 0 Å². The van der Waals surface area contributed by atoms with Crippen molar-refractivity contribution in [2.24, 2.45) is 5.73 Å². The number of carbonyl (C=O) groups excluding carboxylic acids is 2. The molecular formula is C15H21NO3. The van der Waals surface area contributed by atoms with Crippen LogP contribution in [-0.2, 0) is 4.79 Å². The highest BCUT2D eigenvalue weighted by Gasteiger charge is 2.05. The molecular weight excluding hydrogens is 242 g/mol. The fourth-order valence-corrected chi connectivity index (χ4v) is 1.74. The Balaban J connectivity index is 2.30. The second kappa shape index (κ2) is 8.29. The van der Waals surface area contributed by atoms with Crippen molar-refractivity contribution in [1.82, 2.24) is 0 Å². The molecule has 104 valence electrons.